The summed E-state index contributed by atoms with van der Waals surface area (Å²) in [5, 5.41) is 9.12. The summed E-state index contributed by atoms with van der Waals surface area (Å²) in [6.45, 7) is 3.48. The van der Waals surface area contributed by atoms with Crippen molar-refractivity contribution in [2.24, 2.45) is 0 Å². The lowest BCUT2D eigenvalue weighted by molar-refractivity contribution is -0.160. The van der Waals surface area contributed by atoms with Crippen LogP contribution in [0.3, 0.4) is 0 Å². The van der Waals surface area contributed by atoms with Crippen molar-refractivity contribution in [1.82, 2.24) is 4.90 Å². The van der Waals surface area contributed by atoms with Gasteiger partial charge in [-0.1, -0.05) is 0 Å². The van der Waals surface area contributed by atoms with E-state index in [1.54, 1.807) is 31.2 Å². The van der Waals surface area contributed by atoms with E-state index in [-0.39, 0.29) is 24.7 Å². The number of nitrogens with zero attached hydrogens (tertiary/aromatic N) is 1. The molecule has 0 bridgehead atoms. The van der Waals surface area contributed by atoms with Gasteiger partial charge in [-0.2, -0.15) is 0 Å². The van der Waals surface area contributed by atoms with Gasteiger partial charge in [-0.3, -0.25) is 4.79 Å². The molecular formula is C18H23NO6. The Morgan fingerprint density at radius 2 is 2.04 bits per heavy atom. The minimum atomic E-state index is -1.05. The van der Waals surface area contributed by atoms with E-state index in [0.717, 1.165) is 19.4 Å². The monoisotopic (exact) mass is 349 g/mol. The number of amides is 1. The molecule has 0 aliphatic carbocycles. The molecule has 0 saturated carbocycles. The summed E-state index contributed by atoms with van der Waals surface area (Å²) in [7, 11) is 0. The van der Waals surface area contributed by atoms with Crippen LogP contribution < -0.4 is 4.74 Å². The molecule has 1 N–H and O–H groups in total. The fourth-order valence-corrected chi connectivity index (χ4v) is 3.09. The third-order valence-corrected chi connectivity index (χ3v) is 4.38. The van der Waals surface area contributed by atoms with Gasteiger partial charge >= 0.3 is 5.97 Å². The van der Waals surface area contributed by atoms with Gasteiger partial charge in [0.25, 0.3) is 5.91 Å². The number of morpholine rings is 1. The summed E-state index contributed by atoms with van der Waals surface area (Å²) in [6, 6.07) is 6.90. The largest absolute Gasteiger partial charge is 0.491 e. The highest BCUT2D eigenvalue weighted by Crippen LogP contribution is 2.19. The summed E-state index contributed by atoms with van der Waals surface area (Å²) in [5.74, 6) is -0.569. The van der Waals surface area contributed by atoms with E-state index in [1.807, 2.05) is 0 Å². The number of hydrogen-bond donors (Lipinski definition) is 1. The first-order chi connectivity index (χ1) is 12.0. The van der Waals surface area contributed by atoms with Crippen LogP contribution in [0.1, 0.15) is 30.1 Å². The number of hydrogen-bond acceptors (Lipinski definition) is 5. The van der Waals surface area contributed by atoms with Crippen LogP contribution in [-0.4, -0.2) is 66.5 Å². The van der Waals surface area contributed by atoms with Crippen LogP contribution in [-0.2, 0) is 14.3 Å². The van der Waals surface area contributed by atoms with Crippen LogP contribution in [0, 0.1) is 0 Å². The highest BCUT2D eigenvalue weighted by Gasteiger charge is 2.33. The van der Waals surface area contributed by atoms with Crippen LogP contribution >= 0.6 is 0 Å². The van der Waals surface area contributed by atoms with Crippen molar-refractivity contribution < 1.29 is 28.9 Å². The average molecular weight is 349 g/mol. The number of carboxylic acids is 1. The van der Waals surface area contributed by atoms with E-state index in [0.29, 0.717) is 24.5 Å². The Hall–Kier alpha value is -2.12. The molecule has 25 heavy (non-hydrogen) atoms. The lowest BCUT2D eigenvalue weighted by Gasteiger charge is -2.35. The molecule has 136 valence electrons. The van der Waals surface area contributed by atoms with Crippen LogP contribution in [0.25, 0.3) is 0 Å². The van der Waals surface area contributed by atoms with Crippen LogP contribution in [0.4, 0.5) is 0 Å². The van der Waals surface area contributed by atoms with Gasteiger partial charge in [0, 0.05) is 18.7 Å². The first-order valence-corrected chi connectivity index (χ1v) is 8.55. The fourth-order valence-electron chi connectivity index (χ4n) is 3.09. The third kappa shape index (κ3) is 4.49. The molecule has 2 aliphatic heterocycles. The van der Waals surface area contributed by atoms with Gasteiger partial charge in [0.1, 0.15) is 12.4 Å². The maximum absolute atomic E-state index is 12.6. The normalized spacial score (nSPS) is 26.4. The number of rotatable bonds is 5. The third-order valence-electron chi connectivity index (χ3n) is 4.38. The fraction of sp³-hybridized carbons (Fsp3) is 0.556. The zero-order valence-electron chi connectivity index (χ0n) is 14.2. The predicted octanol–water partition coefficient (Wildman–Crippen LogP) is 1.56. The van der Waals surface area contributed by atoms with Crippen molar-refractivity contribution in [3.05, 3.63) is 29.8 Å². The number of ether oxygens (including phenoxy) is 3. The van der Waals surface area contributed by atoms with Crippen LogP contribution in [0.5, 0.6) is 5.75 Å². The topological polar surface area (TPSA) is 85.3 Å². The number of carboxylic acid groups (broad SMARTS) is 1. The van der Waals surface area contributed by atoms with Crippen LogP contribution in [0.2, 0.25) is 0 Å². The average Bonchev–Trinajstić information content (AvgIpc) is 3.13. The van der Waals surface area contributed by atoms with E-state index in [4.69, 9.17) is 19.3 Å². The molecule has 2 saturated heterocycles. The Kier molecular flexibility index (Phi) is 5.55. The van der Waals surface area contributed by atoms with Gasteiger partial charge in [-0.15, -0.1) is 0 Å². The van der Waals surface area contributed by atoms with Gasteiger partial charge in [0.15, 0.2) is 6.10 Å². The number of aliphatic carboxylic acids is 1. The van der Waals surface area contributed by atoms with Gasteiger partial charge in [0.05, 0.1) is 18.8 Å². The summed E-state index contributed by atoms with van der Waals surface area (Å²) < 4.78 is 16.5. The maximum atomic E-state index is 12.6. The Balaban J connectivity index is 1.58. The Morgan fingerprint density at radius 1 is 1.28 bits per heavy atom. The second-order valence-corrected chi connectivity index (χ2v) is 6.45. The molecule has 7 nitrogen and oxygen atoms in total. The smallest absolute Gasteiger partial charge is 0.334 e. The molecule has 2 fully saturated rings. The molecule has 1 aromatic carbocycles. The van der Waals surface area contributed by atoms with Gasteiger partial charge in [-0.25, -0.2) is 4.79 Å². The summed E-state index contributed by atoms with van der Waals surface area (Å²) in [5.41, 5.74) is 0.503. The molecule has 1 amide bonds. The summed E-state index contributed by atoms with van der Waals surface area (Å²) >= 11 is 0. The number of carbonyl (C=O) groups is 2. The summed E-state index contributed by atoms with van der Waals surface area (Å²) in [4.78, 5) is 25.3. The van der Waals surface area contributed by atoms with Crippen molar-refractivity contribution in [3.8, 4) is 5.75 Å². The second-order valence-electron chi connectivity index (χ2n) is 6.45. The van der Waals surface area contributed by atoms with Crippen LogP contribution in [0.15, 0.2) is 24.3 Å². The number of carbonyl (C=O) groups excluding carboxylic acids is 1. The van der Waals surface area contributed by atoms with E-state index in [1.165, 1.54) is 4.90 Å². The molecule has 3 atom stereocenters. The Bertz CT molecular complexity index is 610. The summed E-state index contributed by atoms with van der Waals surface area (Å²) in [6.07, 6.45) is 0.923. The molecule has 0 radical (unpaired) electrons. The zero-order valence-corrected chi connectivity index (χ0v) is 14.2. The lowest BCUT2D eigenvalue weighted by Crippen LogP contribution is -2.51. The molecule has 0 spiro atoms. The first-order valence-electron chi connectivity index (χ1n) is 8.55. The minimum absolute atomic E-state index is 0.0514. The number of benzene rings is 1. The standard InChI is InChI=1S/C18H23NO6/c1-12-9-19(10-16(25-12)18(21)22)17(20)13-4-6-14(7-5-13)24-11-15-3-2-8-23-15/h4-7,12,15-16H,2-3,8-11H2,1H3,(H,21,22)/t12-,15?,16?/m1/s1. The molecule has 2 heterocycles. The van der Waals surface area contributed by atoms with Crippen molar-refractivity contribution in [2.45, 2.75) is 38.1 Å². The molecule has 3 rings (SSSR count). The highest BCUT2D eigenvalue weighted by molar-refractivity contribution is 5.94. The predicted molar refractivity (Wildman–Crippen MR) is 88.8 cm³/mol. The quantitative estimate of drug-likeness (QED) is 0.868. The van der Waals surface area contributed by atoms with Crippen molar-refractivity contribution >= 4 is 11.9 Å². The zero-order chi connectivity index (χ0) is 17.8. The maximum Gasteiger partial charge on any atom is 0.334 e. The molecule has 0 aromatic heterocycles. The van der Waals surface area contributed by atoms with Gasteiger partial charge in [-0.05, 0) is 44.0 Å². The molecular weight excluding hydrogens is 326 g/mol. The van der Waals surface area contributed by atoms with Crippen molar-refractivity contribution in [1.29, 1.82) is 0 Å². The van der Waals surface area contributed by atoms with Gasteiger partial charge < -0.3 is 24.2 Å². The highest BCUT2D eigenvalue weighted by atomic mass is 16.5. The molecule has 2 aliphatic rings. The van der Waals surface area contributed by atoms with E-state index in [2.05, 4.69) is 0 Å². The van der Waals surface area contributed by atoms with E-state index >= 15 is 0 Å². The molecule has 1 aromatic rings. The molecule has 7 heteroatoms. The second kappa shape index (κ2) is 7.84. The van der Waals surface area contributed by atoms with E-state index in [9.17, 15) is 9.59 Å². The van der Waals surface area contributed by atoms with Crippen molar-refractivity contribution in [2.75, 3.05) is 26.3 Å². The molecule has 2 unspecified atom stereocenters. The first kappa shape index (κ1) is 17.7. The Morgan fingerprint density at radius 3 is 2.68 bits per heavy atom. The minimum Gasteiger partial charge on any atom is -0.491 e. The van der Waals surface area contributed by atoms with Crippen molar-refractivity contribution in [3.63, 3.8) is 0 Å². The Labute approximate surface area is 146 Å². The SMILES string of the molecule is C[C@@H]1CN(C(=O)c2ccc(OCC3CCCO3)cc2)CC(C(=O)O)O1. The van der Waals surface area contributed by atoms with E-state index < -0.39 is 12.1 Å². The van der Waals surface area contributed by atoms with Gasteiger partial charge in [0.2, 0.25) is 0 Å². The lowest BCUT2D eigenvalue weighted by atomic mass is 10.1.